The first-order valence-electron chi connectivity index (χ1n) is 7.63. The number of benzene rings is 3. The van der Waals surface area contributed by atoms with Gasteiger partial charge in [0.15, 0.2) is 0 Å². The Bertz CT molecular complexity index is 916. The first-order chi connectivity index (χ1) is 12.2. The van der Waals surface area contributed by atoms with Crippen molar-refractivity contribution >= 4 is 28.7 Å². The predicted molar refractivity (Wildman–Crippen MR) is 99.4 cm³/mol. The maximum Gasteiger partial charge on any atom is 0.255 e. The smallest absolute Gasteiger partial charge is 0.255 e. The van der Waals surface area contributed by atoms with Crippen molar-refractivity contribution in [2.24, 2.45) is 5.11 Å². The van der Waals surface area contributed by atoms with Crippen LogP contribution in [0.2, 0.25) is 0 Å². The number of carbonyl (C=O) groups is 1. The van der Waals surface area contributed by atoms with Gasteiger partial charge in [-0.3, -0.25) is 4.79 Å². The molecule has 0 aromatic heterocycles. The number of azide groups is 1. The molecule has 3 rings (SSSR count). The van der Waals surface area contributed by atoms with Crippen LogP contribution in [0.1, 0.15) is 10.4 Å². The third-order valence-electron chi connectivity index (χ3n) is 3.47. The Hall–Kier alpha value is -3.76. The zero-order valence-electron chi connectivity index (χ0n) is 13.3. The van der Waals surface area contributed by atoms with E-state index in [2.05, 4.69) is 20.7 Å². The van der Waals surface area contributed by atoms with Crippen LogP contribution >= 0.6 is 0 Å². The Morgan fingerprint density at radius 2 is 1.52 bits per heavy atom. The molecular formula is C19H15N5O. The van der Waals surface area contributed by atoms with Crippen molar-refractivity contribution in [3.05, 3.63) is 94.9 Å². The van der Waals surface area contributed by atoms with Gasteiger partial charge in [0, 0.05) is 33.2 Å². The van der Waals surface area contributed by atoms with Gasteiger partial charge in [-0.05, 0) is 54.1 Å². The standard InChI is InChI=1S/C19H15N5O/c20-24-23-18-8-4-5-14(13-18)19(25)22-17-11-9-16(10-12-17)21-15-6-2-1-3-7-15/h1-13,21H,(H,22,25). The fraction of sp³-hybridized carbons (Fsp3) is 0. The van der Waals surface area contributed by atoms with Crippen LogP contribution in [0, 0.1) is 0 Å². The third kappa shape index (κ3) is 4.37. The highest BCUT2D eigenvalue weighted by Crippen LogP contribution is 2.20. The van der Waals surface area contributed by atoms with Crippen molar-refractivity contribution in [2.75, 3.05) is 10.6 Å². The topological polar surface area (TPSA) is 89.9 Å². The van der Waals surface area contributed by atoms with E-state index in [4.69, 9.17) is 5.53 Å². The van der Waals surface area contributed by atoms with Crippen LogP contribution in [0.4, 0.5) is 22.7 Å². The van der Waals surface area contributed by atoms with E-state index in [-0.39, 0.29) is 5.91 Å². The van der Waals surface area contributed by atoms with Gasteiger partial charge in [0.1, 0.15) is 0 Å². The molecule has 122 valence electrons. The molecule has 3 aromatic carbocycles. The van der Waals surface area contributed by atoms with E-state index in [9.17, 15) is 4.79 Å². The summed E-state index contributed by atoms with van der Waals surface area (Å²) in [4.78, 5) is 15.0. The molecule has 0 aliphatic heterocycles. The van der Waals surface area contributed by atoms with Gasteiger partial charge in [-0.15, -0.1) is 0 Å². The number of hydrogen-bond acceptors (Lipinski definition) is 3. The molecule has 3 aromatic rings. The van der Waals surface area contributed by atoms with Crippen molar-refractivity contribution in [1.82, 2.24) is 0 Å². The van der Waals surface area contributed by atoms with Gasteiger partial charge in [-0.25, -0.2) is 0 Å². The molecule has 1 amide bonds. The quantitative estimate of drug-likeness (QED) is 0.361. The number of hydrogen-bond donors (Lipinski definition) is 2. The van der Waals surface area contributed by atoms with Crippen LogP contribution in [0.25, 0.3) is 10.4 Å². The third-order valence-corrected chi connectivity index (χ3v) is 3.47. The lowest BCUT2D eigenvalue weighted by Gasteiger charge is -2.09. The van der Waals surface area contributed by atoms with Gasteiger partial charge in [0.2, 0.25) is 0 Å². The van der Waals surface area contributed by atoms with Gasteiger partial charge in [-0.1, -0.05) is 35.4 Å². The van der Waals surface area contributed by atoms with Crippen LogP contribution < -0.4 is 10.6 Å². The molecule has 25 heavy (non-hydrogen) atoms. The Morgan fingerprint density at radius 1 is 0.840 bits per heavy atom. The molecule has 0 bridgehead atoms. The number of nitrogens with one attached hydrogen (secondary N) is 2. The van der Waals surface area contributed by atoms with Crippen molar-refractivity contribution in [3.8, 4) is 0 Å². The number of anilines is 3. The van der Waals surface area contributed by atoms with E-state index in [0.29, 0.717) is 16.9 Å². The minimum Gasteiger partial charge on any atom is -0.356 e. The van der Waals surface area contributed by atoms with Crippen LogP contribution in [0.3, 0.4) is 0 Å². The molecule has 0 aliphatic carbocycles. The summed E-state index contributed by atoms with van der Waals surface area (Å²) in [6.45, 7) is 0. The Kier molecular flexibility index (Phi) is 4.95. The molecule has 0 atom stereocenters. The molecule has 0 radical (unpaired) electrons. The van der Waals surface area contributed by atoms with Crippen LogP contribution in [-0.4, -0.2) is 5.91 Å². The molecule has 0 saturated carbocycles. The summed E-state index contributed by atoms with van der Waals surface area (Å²) in [5.41, 5.74) is 11.9. The molecule has 6 heteroatoms. The van der Waals surface area contributed by atoms with Gasteiger partial charge in [-0.2, -0.15) is 0 Å². The number of amides is 1. The molecule has 2 N–H and O–H groups in total. The summed E-state index contributed by atoms with van der Waals surface area (Å²) >= 11 is 0. The fourth-order valence-corrected chi connectivity index (χ4v) is 2.29. The summed E-state index contributed by atoms with van der Waals surface area (Å²) in [5, 5.41) is 9.60. The normalized spacial score (nSPS) is 9.76. The lowest BCUT2D eigenvalue weighted by molar-refractivity contribution is 0.102. The van der Waals surface area contributed by atoms with E-state index in [0.717, 1.165) is 11.4 Å². The number of para-hydroxylation sites is 1. The largest absolute Gasteiger partial charge is 0.356 e. The zero-order valence-corrected chi connectivity index (χ0v) is 13.3. The lowest BCUT2D eigenvalue weighted by atomic mass is 10.2. The average molecular weight is 329 g/mol. The van der Waals surface area contributed by atoms with E-state index >= 15 is 0 Å². The Labute approximate surface area is 144 Å². The molecule has 0 unspecified atom stereocenters. The molecule has 0 spiro atoms. The fourth-order valence-electron chi connectivity index (χ4n) is 2.29. The first kappa shape index (κ1) is 16.1. The molecular weight excluding hydrogens is 314 g/mol. The van der Waals surface area contributed by atoms with Crippen molar-refractivity contribution in [3.63, 3.8) is 0 Å². The molecule has 6 nitrogen and oxygen atoms in total. The Morgan fingerprint density at radius 3 is 2.24 bits per heavy atom. The van der Waals surface area contributed by atoms with Crippen molar-refractivity contribution < 1.29 is 4.79 Å². The molecule has 0 fully saturated rings. The second-order valence-corrected chi connectivity index (χ2v) is 5.26. The monoisotopic (exact) mass is 329 g/mol. The van der Waals surface area contributed by atoms with Crippen molar-refractivity contribution in [2.45, 2.75) is 0 Å². The highest BCUT2D eigenvalue weighted by molar-refractivity contribution is 6.04. The van der Waals surface area contributed by atoms with Gasteiger partial charge >= 0.3 is 0 Å². The van der Waals surface area contributed by atoms with Crippen LogP contribution in [0.5, 0.6) is 0 Å². The second-order valence-electron chi connectivity index (χ2n) is 5.26. The number of nitrogens with zero attached hydrogens (tertiary/aromatic N) is 3. The first-order valence-corrected chi connectivity index (χ1v) is 7.63. The summed E-state index contributed by atoms with van der Waals surface area (Å²) in [5.74, 6) is -0.265. The molecule has 0 saturated heterocycles. The predicted octanol–water partition coefficient (Wildman–Crippen LogP) is 5.62. The Balaban J connectivity index is 1.67. The number of rotatable bonds is 5. The minimum atomic E-state index is -0.265. The maximum absolute atomic E-state index is 12.3. The summed E-state index contributed by atoms with van der Waals surface area (Å²) in [7, 11) is 0. The van der Waals surface area contributed by atoms with Crippen molar-refractivity contribution in [1.29, 1.82) is 0 Å². The summed E-state index contributed by atoms with van der Waals surface area (Å²) in [6, 6.07) is 23.8. The minimum absolute atomic E-state index is 0.265. The van der Waals surface area contributed by atoms with Crippen LogP contribution in [0.15, 0.2) is 84.0 Å². The van der Waals surface area contributed by atoms with E-state index in [1.807, 2.05) is 54.6 Å². The van der Waals surface area contributed by atoms with E-state index in [1.165, 1.54) is 0 Å². The van der Waals surface area contributed by atoms with E-state index in [1.54, 1.807) is 24.3 Å². The SMILES string of the molecule is [N-]=[N+]=Nc1cccc(C(=O)Nc2ccc(Nc3ccccc3)cc2)c1. The summed E-state index contributed by atoms with van der Waals surface area (Å²) in [6.07, 6.45) is 0. The zero-order chi connectivity index (χ0) is 17.5. The maximum atomic E-state index is 12.3. The molecule has 0 aliphatic rings. The highest BCUT2D eigenvalue weighted by Gasteiger charge is 2.06. The second kappa shape index (κ2) is 7.68. The lowest BCUT2D eigenvalue weighted by Crippen LogP contribution is -2.11. The average Bonchev–Trinajstić information content (AvgIpc) is 2.65. The molecule has 0 heterocycles. The number of carbonyl (C=O) groups excluding carboxylic acids is 1. The summed E-state index contributed by atoms with van der Waals surface area (Å²) < 4.78 is 0. The van der Waals surface area contributed by atoms with Gasteiger partial charge in [0.05, 0.1) is 0 Å². The van der Waals surface area contributed by atoms with Gasteiger partial charge < -0.3 is 10.6 Å². The van der Waals surface area contributed by atoms with E-state index < -0.39 is 0 Å². The highest BCUT2D eigenvalue weighted by atomic mass is 16.1. The van der Waals surface area contributed by atoms with Gasteiger partial charge in [0.25, 0.3) is 5.91 Å². The van der Waals surface area contributed by atoms with Crippen LogP contribution in [-0.2, 0) is 0 Å².